The van der Waals surface area contributed by atoms with E-state index in [0.717, 1.165) is 25.9 Å². The van der Waals surface area contributed by atoms with Crippen LogP contribution in [0.25, 0.3) is 0 Å². The summed E-state index contributed by atoms with van der Waals surface area (Å²) in [5.74, 6) is 0.359. The van der Waals surface area contributed by atoms with Crippen molar-refractivity contribution in [3.05, 3.63) is 0 Å². The van der Waals surface area contributed by atoms with Crippen molar-refractivity contribution < 1.29 is 4.79 Å². The number of carbonyl (C=O) groups excluding carboxylic acids is 1. The minimum atomic E-state index is 0.109. The number of rotatable bonds is 6. The summed E-state index contributed by atoms with van der Waals surface area (Å²) < 4.78 is 0. The van der Waals surface area contributed by atoms with E-state index >= 15 is 0 Å². The zero-order valence-corrected chi connectivity index (χ0v) is 9.05. The van der Waals surface area contributed by atoms with Crippen molar-refractivity contribution in [3.63, 3.8) is 0 Å². The molecule has 0 unspecified atom stereocenters. The Morgan fingerprint density at radius 1 is 1.38 bits per heavy atom. The normalized spacial score (nSPS) is 10.5. The molecule has 0 saturated carbocycles. The molecule has 3 nitrogen and oxygen atoms in total. The largest absolute Gasteiger partial charge is 0.343 e. The molecule has 0 aliphatic rings. The lowest BCUT2D eigenvalue weighted by Crippen LogP contribution is -2.35. The van der Waals surface area contributed by atoms with Gasteiger partial charge in [-0.25, -0.2) is 0 Å². The number of nitrogens with zero attached hydrogens (tertiary/aromatic N) is 1. The summed E-state index contributed by atoms with van der Waals surface area (Å²) in [6.07, 6.45) is 2.02. The third kappa shape index (κ3) is 4.88. The highest BCUT2D eigenvalue weighted by atomic mass is 16.2. The molecule has 0 aromatic rings. The first-order chi connectivity index (χ1) is 6.13. The molecule has 2 N–H and O–H groups in total. The number of carbonyl (C=O) groups is 1. The van der Waals surface area contributed by atoms with Gasteiger partial charge in [0, 0.05) is 19.0 Å². The van der Waals surface area contributed by atoms with Crippen LogP contribution in [0.15, 0.2) is 0 Å². The van der Waals surface area contributed by atoms with Gasteiger partial charge in [0.2, 0.25) is 5.91 Å². The molecule has 0 saturated heterocycles. The van der Waals surface area contributed by atoms with Gasteiger partial charge >= 0.3 is 0 Å². The lowest BCUT2D eigenvalue weighted by atomic mass is 10.2. The minimum Gasteiger partial charge on any atom is -0.343 e. The molecule has 13 heavy (non-hydrogen) atoms. The van der Waals surface area contributed by atoms with Crippen LogP contribution in [0.2, 0.25) is 0 Å². The average molecular weight is 186 g/mol. The fourth-order valence-electron chi connectivity index (χ4n) is 1.24. The molecule has 0 radical (unpaired) electrons. The molecule has 78 valence electrons. The molecule has 0 rings (SSSR count). The Bertz CT molecular complexity index is 146. The second-order valence-electron chi connectivity index (χ2n) is 3.57. The molecule has 0 bridgehead atoms. The monoisotopic (exact) mass is 186 g/mol. The van der Waals surface area contributed by atoms with E-state index in [4.69, 9.17) is 5.73 Å². The average Bonchev–Trinajstić information content (AvgIpc) is 2.11. The maximum Gasteiger partial charge on any atom is 0.225 e. The van der Waals surface area contributed by atoms with Crippen LogP contribution in [0.4, 0.5) is 0 Å². The first-order valence-corrected chi connectivity index (χ1v) is 5.12. The van der Waals surface area contributed by atoms with Crippen molar-refractivity contribution in [2.24, 2.45) is 11.7 Å². The van der Waals surface area contributed by atoms with Gasteiger partial charge in [-0.15, -0.1) is 0 Å². The van der Waals surface area contributed by atoms with Gasteiger partial charge in [-0.2, -0.15) is 0 Å². The van der Waals surface area contributed by atoms with Gasteiger partial charge in [-0.1, -0.05) is 13.8 Å². The zero-order valence-electron chi connectivity index (χ0n) is 9.05. The van der Waals surface area contributed by atoms with Crippen molar-refractivity contribution >= 4 is 5.91 Å². The number of unbranched alkanes of at least 4 members (excludes halogenated alkanes) is 1. The van der Waals surface area contributed by atoms with E-state index in [1.54, 1.807) is 0 Å². The second kappa shape index (κ2) is 6.89. The maximum atomic E-state index is 11.6. The van der Waals surface area contributed by atoms with Crippen LogP contribution in [0.5, 0.6) is 0 Å². The van der Waals surface area contributed by atoms with Gasteiger partial charge in [-0.3, -0.25) is 4.79 Å². The standard InChI is InChI=1S/C10H22N2O/c1-4-12(8-6-5-7-11)10(13)9(2)3/h9H,4-8,11H2,1-3H3. The van der Waals surface area contributed by atoms with Crippen molar-refractivity contribution in [1.29, 1.82) is 0 Å². The van der Waals surface area contributed by atoms with E-state index < -0.39 is 0 Å². The minimum absolute atomic E-state index is 0.109. The van der Waals surface area contributed by atoms with Crippen molar-refractivity contribution in [2.75, 3.05) is 19.6 Å². The Balaban J connectivity index is 3.81. The summed E-state index contributed by atoms with van der Waals surface area (Å²) in [4.78, 5) is 13.5. The molecule has 0 aliphatic carbocycles. The van der Waals surface area contributed by atoms with Crippen LogP contribution in [0.1, 0.15) is 33.6 Å². The summed E-state index contributed by atoms with van der Waals surface area (Å²) in [5.41, 5.74) is 5.39. The summed E-state index contributed by atoms with van der Waals surface area (Å²) >= 11 is 0. The van der Waals surface area contributed by atoms with E-state index in [-0.39, 0.29) is 11.8 Å². The fourth-order valence-corrected chi connectivity index (χ4v) is 1.24. The predicted molar refractivity (Wildman–Crippen MR) is 55.4 cm³/mol. The molecular weight excluding hydrogens is 164 g/mol. The summed E-state index contributed by atoms with van der Waals surface area (Å²) in [7, 11) is 0. The first-order valence-electron chi connectivity index (χ1n) is 5.12. The highest BCUT2D eigenvalue weighted by molar-refractivity contribution is 5.78. The number of hydrogen-bond acceptors (Lipinski definition) is 2. The van der Waals surface area contributed by atoms with Gasteiger partial charge in [0.25, 0.3) is 0 Å². The number of hydrogen-bond donors (Lipinski definition) is 1. The highest BCUT2D eigenvalue weighted by Crippen LogP contribution is 2.02. The molecular formula is C10H22N2O. The van der Waals surface area contributed by atoms with Crippen LogP contribution in [0.3, 0.4) is 0 Å². The molecule has 0 aliphatic heterocycles. The molecule has 3 heteroatoms. The Hall–Kier alpha value is -0.570. The van der Waals surface area contributed by atoms with Gasteiger partial charge in [0.1, 0.15) is 0 Å². The van der Waals surface area contributed by atoms with Crippen molar-refractivity contribution in [3.8, 4) is 0 Å². The zero-order chi connectivity index (χ0) is 10.3. The summed E-state index contributed by atoms with van der Waals surface area (Å²) in [5, 5.41) is 0. The Kier molecular flexibility index (Phi) is 6.59. The lowest BCUT2D eigenvalue weighted by Gasteiger charge is -2.22. The Morgan fingerprint density at radius 3 is 2.38 bits per heavy atom. The highest BCUT2D eigenvalue weighted by Gasteiger charge is 2.13. The molecule has 0 atom stereocenters. The first kappa shape index (κ1) is 12.4. The van der Waals surface area contributed by atoms with E-state index in [1.807, 2.05) is 25.7 Å². The van der Waals surface area contributed by atoms with Crippen molar-refractivity contribution in [1.82, 2.24) is 4.90 Å². The van der Waals surface area contributed by atoms with Crippen LogP contribution in [0, 0.1) is 5.92 Å². The molecule has 0 aromatic carbocycles. The third-order valence-electron chi connectivity index (χ3n) is 2.07. The van der Waals surface area contributed by atoms with Crippen LogP contribution in [-0.2, 0) is 4.79 Å². The summed E-state index contributed by atoms with van der Waals surface area (Å²) in [6.45, 7) is 8.27. The fraction of sp³-hybridized carbons (Fsp3) is 0.900. The topological polar surface area (TPSA) is 46.3 Å². The Morgan fingerprint density at radius 2 is 2.00 bits per heavy atom. The van der Waals surface area contributed by atoms with Crippen LogP contribution < -0.4 is 5.73 Å². The van der Waals surface area contributed by atoms with E-state index in [9.17, 15) is 4.79 Å². The second-order valence-corrected chi connectivity index (χ2v) is 3.57. The van der Waals surface area contributed by atoms with Gasteiger partial charge in [0.15, 0.2) is 0 Å². The summed E-state index contributed by atoms with van der Waals surface area (Å²) in [6, 6.07) is 0. The van der Waals surface area contributed by atoms with Gasteiger partial charge < -0.3 is 10.6 Å². The van der Waals surface area contributed by atoms with Crippen molar-refractivity contribution in [2.45, 2.75) is 33.6 Å². The third-order valence-corrected chi connectivity index (χ3v) is 2.07. The van der Waals surface area contributed by atoms with Crippen LogP contribution in [-0.4, -0.2) is 30.4 Å². The predicted octanol–water partition coefficient (Wildman–Crippen LogP) is 1.23. The molecule has 0 aromatic heterocycles. The van der Waals surface area contributed by atoms with Crippen LogP contribution >= 0.6 is 0 Å². The molecule has 0 heterocycles. The van der Waals surface area contributed by atoms with E-state index in [2.05, 4.69) is 0 Å². The number of nitrogens with two attached hydrogens (primary N) is 1. The maximum absolute atomic E-state index is 11.6. The van der Waals surface area contributed by atoms with E-state index in [0.29, 0.717) is 6.54 Å². The smallest absolute Gasteiger partial charge is 0.225 e. The Labute approximate surface area is 81.3 Å². The lowest BCUT2D eigenvalue weighted by molar-refractivity contribution is -0.134. The molecule has 0 fully saturated rings. The number of amides is 1. The molecule has 0 spiro atoms. The molecule has 1 amide bonds. The van der Waals surface area contributed by atoms with Gasteiger partial charge in [0.05, 0.1) is 0 Å². The van der Waals surface area contributed by atoms with Gasteiger partial charge in [-0.05, 0) is 26.3 Å². The van der Waals surface area contributed by atoms with E-state index in [1.165, 1.54) is 0 Å². The SMILES string of the molecule is CCN(CCCCN)C(=O)C(C)C. The quantitative estimate of drug-likeness (QED) is 0.634.